The first-order valence-corrected chi connectivity index (χ1v) is 5.96. The minimum absolute atomic E-state index is 0.212. The number of hydrogen-bond acceptors (Lipinski definition) is 4. The smallest absolute Gasteiger partial charge is 0.268 e. The Kier molecular flexibility index (Phi) is 4.12. The van der Waals surface area contributed by atoms with E-state index in [2.05, 4.69) is 0 Å². The molecule has 102 valence electrons. The first-order chi connectivity index (χ1) is 9.69. The molecule has 0 heterocycles. The Morgan fingerprint density at radius 1 is 1.00 bits per heavy atom. The number of hydrogen-bond donors (Lipinski definition) is 2. The molecule has 2 rings (SSSR count). The Morgan fingerprint density at radius 2 is 1.65 bits per heavy atom. The highest BCUT2D eigenvalue weighted by molar-refractivity contribution is 6.12. The van der Waals surface area contributed by atoms with Crippen LogP contribution in [0.5, 0.6) is 5.75 Å². The summed E-state index contributed by atoms with van der Waals surface area (Å²) >= 11 is 0. The van der Waals surface area contributed by atoms with Crippen molar-refractivity contribution in [2.75, 3.05) is 7.11 Å². The summed E-state index contributed by atoms with van der Waals surface area (Å²) in [5.41, 5.74) is 3.09. The third kappa shape index (κ3) is 2.53. The van der Waals surface area contributed by atoms with Gasteiger partial charge in [0.1, 0.15) is 5.75 Å². The van der Waals surface area contributed by atoms with Crippen LogP contribution in [0.15, 0.2) is 48.5 Å². The summed E-state index contributed by atoms with van der Waals surface area (Å²) in [4.78, 5) is 24.1. The van der Waals surface area contributed by atoms with Crippen molar-refractivity contribution < 1.29 is 14.3 Å². The van der Waals surface area contributed by atoms with Crippen molar-refractivity contribution in [2.45, 2.75) is 0 Å². The van der Waals surface area contributed by atoms with E-state index in [0.29, 0.717) is 11.1 Å². The molecule has 0 aromatic heterocycles. The predicted octanol–water partition coefficient (Wildman–Crippen LogP) is 1.53. The van der Waals surface area contributed by atoms with Crippen LogP contribution in [0.4, 0.5) is 0 Å². The van der Waals surface area contributed by atoms with Crippen LogP contribution in [0.1, 0.15) is 26.3 Å². The molecule has 20 heavy (non-hydrogen) atoms. The maximum Gasteiger partial charge on any atom is 0.268 e. The van der Waals surface area contributed by atoms with Gasteiger partial charge in [-0.1, -0.05) is 36.4 Å². The summed E-state index contributed by atoms with van der Waals surface area (Å²) < 4.78 is 5.20. The number of para-hydroxylation sites is 1. The molecule has 0 aliphatic heterocycles. The summed E-state index contributed by atoms with van der Waals surface area (Å²) in [5.74, 6) is 4.61. The van der Waals surface area contributed by atoms with Crippen molar-refractivity contribution in [3.8, 4) is 5.75 Å². The number of amides is 1. The van der Waals surface area contributed by atoms with Crippen LogP contribution in [0.2, 0.25) is 0 Å². The van der Waals surface area contributed by atoms with Gasteiger partial charge in [-0.05, 0) is 12.1 Å². The zero-order chi connectivity index (χ0) is 14.5. The standard InChI is InChI=1S/C15H14N2O3/c1-20-14-11(8-5-9-12(14)15(19)17-16)13(18)10-6-3-2-4-7-10/h2-9H,16H2,1H3,(H,17,19). The lowest BCUT2D eigenvalue weighted by molar-refractivity contribution is 0.0950. The molecule has 0 radical (unpaired) electrons. The fourth-order valence-electron chi connectivity index (χ4n) is 1.94. The van der Waals surface area contributed by atoms with Crippen LogP contribution in [-0.4, -0.2) is 18.8 Å². The number of nitrogen functional groups attached to an aromatic ring is 1. The number of nitrogens with one attached hydrogen (secondary N) is 1. The Balaban J connectivity index is 2.52. The van der Waals surface area contributed by atoms with Crippen molar-refractivity contribution >= 4 is 11.7 Å². The van der Waals surface area contributed by atoms with E-state index < -0.39 is 5.91 Å². The molecule has 1 amide bonds. The molecule has 5 nitrogen and oxygen atoms in total. The van der Waals surface area contributed by atoms with Crippen molar-refractivity contribution in [3.63, 3.8) is 0 Å². The number of ether oxygens (including phenoxy) is 1. The number of rotatable bonds is 4. The minimum atomic E-state index is -0.510. The van der Waals surface area contributed by atoms with Gasteiger partial charge in [-0.3, -0.25) is 15.0 Å². The summed E-state index contributed by atoms with van der Waals surface area (Å²) in [6.07, 6.45) is 0. The van der Waals surface area contributed by atoms with Crippen molar-refractivity contribution in [1.82, 2.24) is 5.43 Å². The monoisotopic (exact) mass is 270 g/mol. The van der Waals surface area contributed by atoms with Gasteiger partial charge in [0.15, 0.2) is 5.78 Å². The molecule has 0 unspecified atom stereocenters. The van der Waals surface area contributed by atoms with Crippen LogP contribution >= 0.6 is 0 Å². The number of methoxy groups -OCH3 is 1. The topological polar surface area (TPSA) is 81.4 Å². The molecule has 5 heteroatoms. The average Bonchev–Trinajstić information content (AvgIpc) is 2.53. The quantitative estimate of drug-likeness (QED) is 0.382. The van der Waals surface area contributed by atoms with Gasteiger partial charge in [0.2, 0.25) is 0 Å². The van der Waals surface area contributed by atoms with Gasteiger partial charge in [0, 0.05) is 5.56 Å². The highest BCUT2D eigenvalue weighted by atomic mass is 16.5. The van der Waals surface area contributed by atoms with Crippen LogP contribution in [0.3, 0.4) is 0 Å². The molecule has 2 aromatic carbocycles. The van der Waals surface area contributed by atoms with Gasteiger partial charge in [-0.2, -0.15) is 0 Å². The van der Waals surface area contributed by atoms with Crippen molar-refractivity contribution in [1.29, 1.82) is 0 Å². The van der Waals surface area contributed by atoms with Gasteiger partial charge >= 0.3 is 0 Å². The van der Waals surface area contributed by atoms with Gasteiger partial charge in [-0.15, -0.1) is 0 Å². The molecule has 0 spiro atoms. The summed E-state index contributed by atoms with van der Waals surface area (Å²) in [6, 6.07) is 13.6. The highest BCUT2D eigenvalue weighted by Gasteiger charge is 2.20. The normalized spacial score (nSPS) is 9.90. The third-order valence-corrected chi connectivity index (χ3v) is 2.88. The van der Waals surface area contributed by atoms with E-state index >= 15 is 0 Å². The van der Waals surface area contributed by atoms with Gasteiger partial charge in [0.05, 0.1) is 18.2 Å². The van der Waals surface area contributed by atoms with Crippen LogP contribution in [0, 0.1) is 0 Å². The molecule has 3 N–H and O–H groups in total. The number of nitrogens with two attached hydrogens (primary N) is 1. The molecule has 0 saturated heterocycles. The predicted molar refractivity (Wildman–Crippen MR) is 74.5 cm³/mol. The van der Waals surface area contributed by atoms with E-state index in [1.807, 2.05) is 11.5 Å². The summed E-state index contributed by atoms with van der Waals surface area (Å²) in [7, 11) is 1.41. The van der Waals surface area contributed by atoms with Gasteiger partial charge in [0.25, 0.3) is 5.91 Å². The number of ketones is 1. The highest BCUT2D eigenvalue weighted by Crippen LogP contribution is 2.26. The number of hydrazine groups is 1. The van der Waals surface area contributed by atoms with E-state index in [0.717, 1.165) is 0 Å². The lowest BCUT2D eigenvalue weighted by atomic mass is 9.99. The second kappa shape index (κ2) is 5.99. The zero-order valence-electron chi connectivity index (χ0n) is 10.9. The largest absolute Gasteiger partial charge is 0.495 e. The van der Waals surface area contributed by atoms with Crippen molar-refractivity contribution in [2.24, 2.45) is 5.84 Å². The van der Waals surface area contributed by atoms with Crippen LogP contribution < -0.4 is 16.0 Å². The Bertz CT molecular complexity index is 639. The zero-order valence-corrected chi connectivity index (χ0v) is 10.9. The van der Waals surface area contributed by atoms with Gasteiger partial charge in [-0.25, -0.2) is 5.84 Å². The van der Waals surface area contributed by atoms with E-state index in [4.69, 9.17) is 10.6 Å². The number of benzene rings is 2. The second-order valence-electron chi connectivity index (χ2n) is 4.05. The van der Waals surface area contributed by atoms with E-state index in [1.54, 1.807) is 42.5 Å². The van der Waals surface area contributed by atoms with E-state index in [1.165, 1.54) is 7.11 Å². The minimum Gasteiger partial charge on any atom is -0.495 e. The fourth-order valence-corrected chi connectivity index (χ4v) is 1.94. The average molecular weight is 270 g/mol. The first kappa shape index (κ1) is 13.8. The summed E-state index contributed by atoms with van der Waals surface area (Å²) in [6.45, 7) is 0. The first-order valence-electron chi connectivity index (χ1n) is 5.96. The van der Waals surface area contributed by atoms with E-state index in [9.17, 15) is 9.59 Å². The molecule has 0 aliphatic carbocycles. The SMILES string of the molecule is COc1c(C(=O)NN)cccc1C(=O)c1ccccc1. The third-order valence-electron chi connectivity index (χ3n) is 2.88. The van der Waals surface area contributed by atoms with Gasteiger partial charge < -0.3 is 4.74 Å². The summed E-state index contributed by atoms with van der Waals surface area (Å²) in [5, 5.41) is 0. The fraction of sp³-hybridized carbons (Fsp3) is 0.0667. The Morgan fingerprint density at radius 3 is 2.25 bits per heavy atom. The maximum absolute atomic E-state index is 12.4. The molecule has 0 fully saturated rings. The second-order valence-corrected chi connectivity index (χ2v) is 4.05. The van der Waals surface area contributed by atoms with Crippen molar-refractivity contribution in [3.05, 3.63) is 65.2 Å². The lowest BCUT2D eigenvalue weighted by Gasteiger charge is -2.11. The molecular formula is C15H14N2O3. The molecule has 0 saturated carbocycles. The number of carbonyl (C=O) groups excluding carboxylic acids is 2. The van der Waals surface area contributed by atoms with E-state index in [-0.39, 0.29) is 17.1 Å². The Hall–Kier alpha value is -2.66. The Labute approximate surface area is 116 Å². The molecule has 0 atom stereocenters. The molecule has 0 bridgehead atoms. The molecular weight excluding hydrogens is 256 g/mol. The van der Waals surface area contributed by atoms with Crippen LogP contribution in [0.25, 0.3) is 0 Å². The molecule has 2 aromatic rings. The maximum atomic E-state index is 12.4. The molecule has 0 aliphatic rings. The van der Waals surface area contributed by atoms with Crippen LogP contribution in [-0.2, 0) is 0 Å². The number of carbonyl (C=O) groups is 2. The lowest BCUT2D eigenvalue weighted by Crippen LogP contribution is -2.30.